The van der Waals surface area contributed by atoms with Crippen molar-refractivity contribution >= 4 is 22.6 Å². The molecule has 2 unspecified atom stereocenters. The number of aromatic nitrogens is 1. The number of carbonyl (C=O) groups excluding carboxylic acids is 1. The summed E-state index contributed by atoms with van der Waals surface area (Å²) in [6.07, 6.45) is 2.38. The molecule has 22 heavy (non-hydrogen) atoms. The zero-order chi connectivity index (χ0) is 15.4. The van der Waals surface area contributed by atoms with Crippen LogP contribution >= 0.6 is 11.5 Å². The lowest BCUT2D eigenvalue weighted by atomic mass is 10.1. The largest absolute Gasteiger partial charge is 0.393 e. The van der Waals surface area contributed by atoms with Crippen molar-refractivity contribution in [1.82, 2.24) is 9.69 Å². The highest BCUT2D eigenvalue weighted by Crippen LogP contribution is 2.26. The third kappa shape index (κ3) is 3.84. The Morgan fingerprint density at radius 2 is 2.14 bits per heavy atom. The van der Waals surface area contributed by atoms with Crippen molar-refractivity contribution in [2.24, 2.45) is 5.92 Å². The van der Waals surface area contributed by atoms with Gasteiger partial charge in [-0.1, -0.05) is 30.3 Å². The van der Waals surface area contributed by atoms with Crippen molar-refractivity contribution in [3.63, 3.8) is 0 Å². The molecule has 3 rings (SSSR count). The van der Waals surface area contributed by atoms with E-state index in [9.17, 15) is 9.90 Å². The van der Waals surface area contributed by atoms with E-state index >= 15 is 0 Å². The summed E-state index contributed by atoms with van der Waals surface area (Å²) < 4.78 is 4.35. The van der Waals surface area contributed by atoms with Crippen LogP contribution in [-0.4, -0.2) is 28.2 Å². The molecule has 116 valence electrons. The van der Waals surface area contributed by atoms with Crippen LogP contribution in [0.5, 0.6) is 0 Å². The third-order valence-electron chi connectivity index (χ3n) is 3.88. The van der Waals surface area contributed by atoms with Gasteiger partial charge in [0.05, 0.1) is 11.8 Å². The summed E-state index contributed by atoms with van der Waals surface area (Å²) in [5.41, 5.74) is 1.90. The molecule has 1 heterocycles. The lowest BCUT2D eigenvalue weighted by Gasteiger charge is -2.10. The molecular formula is C16H19N3O2S. The molecule has 0 spiro atoms. The van der Waals surface area contributed by atoms with Crippen molar-refractivity contribution in [3.8, 4) is 11.3 Å². The smallest absolute Gasteiger partial charge is 0.319 e. The third-order valence-corrected chi connectivity index (χ3v) is 4.59. The van der Waals surface area contributed by atoms with Crippen molar-refractivity contribution < 1.29 is 9.90 Å². The molecular weight excluding hydrogens is 298 g/mol. The van der Waals surface area contributed by atoms with Crippen LogP contribution < -0.4 is 10.6 Å². The summed E-state index contributed by atoms with van der Waals surface area (Å²) in [4.78, 5) is 11.9. The molecule has 5 nitrogen and oxygen atoms in total. The molecule has 3 N–H and O–H groups in total. The molecule has 1 aromatic heterocycles. The number of nitrogens with zero attached hydrogens (tertiary/aromatic N) is 1. The first-order valence-corrected chi connectivity index (χ1v) is 8.23. The van der Waals surface area contributed by atoms with Gasteiger partial charge in [0.2, 0.25) is 0 Å². The van der Waals surface area contributed by atoms with Gasteiger partial charge in [0, 0.05) is 18.2 Å². The SMILES string of the molecule is O=C(NCC1CCC(O)C1)Nc1cc(-c2ccccc2)ns1. The second-order valence-electron chi connectivity index (χ2n) is 5.61. The van der Waals surface area contributed by atoms with Crippen LogP contribution in [0.3, 0.4) is 0 Å². The number of anilines is 1. The maximum atomic E-state index is 11.9. The van der Waals surface area contributed by atoms with Crippen molar-refractivity contribution in [2.75, 3.05) is 11.9 Å². The molecule has 2 aromatic rings. The first kappa shape index (κ1) is 15.0. The minimum absolute atomic E-state index is 0.204. The average molecular weight is 317 g/mol. The molecule has 0 saturated heterocycles. The van der Waals surface area contributed by atoms with E-state index in [1.165, 1.54) is 11.5 Å². The summed E-state index contributed by atoms with van der Waals surface area (Å²) in [7, 11) is 0. The standard InChI is InChI=1S/C16H19N3O2S/c20-13-7-6-11(8-13)10-17-16(21)18-15-9-14(19-22-15)12-4-2-1-3-5-12/h1-5,9,11,13,20H,6-8,10H2,(H2,17,18,21). The molecule has 0 bridgehead atoms. The molecule has 2 atom stereocenters. The monoisotopic (exact) mass is 317 g/mol. The van der Waals surface area contributed by atoms with Gasteiger partial charge in [0.15, 0.2) is 0 Å². The number of aliphatic hydroxyl groups is 1. The summed E-state index contributed by atoms with van der Waals surface area (Å²) in [5.74, 6) is 0.377. The van der Waals surface area contributed by atoms with E-state index in [1.54, 1.807) is 0 Å². The van der Waals surface area contributed by atoms with Crippen LogP contribution in [0.4, 0.5) is 9.80 Å². The maximum Gasteiger partial charge on any atom is 0.319 e. The molecule has 1 aliphatic carbocycles. The Hall–Kier alpha value is -1.92. The number of rotatable bonds is 4. The van der Waals surface area contributed by atoms with E-state index in [4.69, 9.17) is 0 Å². The van der Waals surface area contributed by atoms with Crippen LogP contribution in [0, 0.1) is 5.92 Å². The van der Waals surface area contributed by atoms with Gasteiger partial charge in [0.1, 0.15) is 5.00 Å². The Morgan fingerprint density at radius 3 is 2.86 bits per heavy atom. The highest BCUT2D eigenvalue weighted by molar-refractivity contribution is 7.10. The molecule has 0 aliphatic heterocycles. The summed E-state index contributed by atoms with van der Waals surface area (Å²) in [6, 6.07) is 11.5. The Kier molecular flexibility index (Phi) is 4.70. The first-order valence-electron chi connectivity index (χ1n) is 7.46. The molecule has 1 saturated carbocycles. The Balaban J connectivity index is 1.51. The minimum Gasteiger partial charge on any atom is -0.393 e. The van der Waals surface area contributed by atoms with E-state index in [-0.39, 0.29) is 12.1 Å². The molecule has 0 radical (unpaired) electrons. The van der Waals surface area contributed by atoms with Gasteiger partial charge in [-0.3, -0.25) is 5.32 Å². The number of amides is 2. The van der Waals surface area contributed by atoms with E-state index in [0.717, 1.165) is 35.5 Å². The van der Waals surface area contributed by atoms with Gasteiger partial charge >= 0.3 is 6.03 Å². The quantitative estimate of drug-likeness (QED) is 0.811. The zero-order valence-electron chi connectivity index (χ0n) is 12.2. The number of carbonyl (C=O) groups is 1. The number of hydrogen-bond donors (Lipinski definition) is 3. The van der Waals surface area contributed by atoms with Crippen LogP contribution in [0.15, 0.2) is 36.4 Å². The highest BCUT2D eigenvalue weighted by atomic mass is 32.1. The minimum atomic E-state index is -0.218. The number of urea groups is 1. The van der Waals surface area contributed by atoms with Crippen molar-refractivity contribution in [2.45, 2.75) is 25.4 Å². The fourth-order valence-electron chi connectivity index (χ4n) is 2.71. The van der Waals surface area contributed by atoms with Crippen LogP contribution in [-0.2, 0) is 0 Å². The Labute approximate surface area is 133 Å². The maximum absolute atomic E-state index is 11.9. The fourth-order valence-corrected chi connectivity index (χ4v) is 3.36. The van der Waals surface area contributed by atoms with Gasteiger partial charge in [-0.25, -0.2) is 4.79 Å². The van der Waals surface area contributed by atoms with Gasteiger partial charge in [0.25, 0.3) is 0 Å². The summed E-state index contributed by atoms with van der Waals surface area (Å²) >= 11 is 1.27. The van der Waals surface area contributed by atoms with E-state index in [2.05, 4.69) is 15.0 Å². The van der Waals surface area contributed by atoms with Crippen molar-refractivity contribution in [3.05, 3.63) is 36.4 Å². The molecule has 1 aliphatic rings. The average Bonchev–Trinajstić information content (AvgIpc) is 3.15. The highest BCUT2D eigenvalue weighted by Gasteiger charge is 2.22. The topological polar surface area (TPSA) is 74.2 Å². The number of aliphatic hydroxyl groups excluding tert-OH is 1. The fraction of sp³-hybridized carbons (Fsp3) is 0.375. The Bertz CT molecular complexity index is 629. The van der Waals surface area contributed by atoms with E-state index in [1.807, 2.05) is 36.4 Å². The normalized spacial score (nSPS) is 20.8. The van der Waals surface area contributed by atoms with Crippen LogP contribution in [0.25, 0.3) is 11.3 Å². The van der Waals surface area contributed by atoms with E-state index in [0.29, 0.717) is 12.5 Å². The van der Waals surface area contributed by atoms with Crippen LogP contribution in [0.1, 0.15) is 19.3 Å². The van der Waals surface area contributed by atoms with Crippen LogP contribution in [0.2, 0.25) is 0 Å². The van der Waals surface area contributed by atoms with Gasteiger partial charge in [-0.05, 0) is 36.7 Å². The predicted molar refractivity (Wildman–Crippen MR) is 87.9 cm³/mol. The van der Waals surface area contributed by atoms with Gasteiger partial charge < -0.3 is 10.4 Å². The number of hydrogen-bond acceptors (Lipinski definition) is 4. The predicted octanol–water partition coefficient (Wildman–Crippen LogP) is 3.09. The lowest BCUT2D eigenvalue weighted by Crippen LogP contribution is -2.32. The number of nitrogens with one attached hydrogen (secondary N) is 2. The second kappa shape index (κ2) is 6.89. The van der Waals surface area contributed by atoms with Crippen molar-refractivity contribution in [1.29, 1.82) is 0 Å². The second-order valence-corrected chi connectivity index (χ2v) is 6.42. The van der Waals surface area contributed by atoms with Gasteiger partial charge in [-0.15, -0.1) is 0 Å². The number of benzene rings is 1. The molecule has 6 heteroatoms. The summed E-state index contributed by atoms with van der Waals surface area (Å²) in [5, 5.41) is 15.9. The lowest BCUT2D eigenvalue weighted by molar-refractivity contribution is 0.177. The summed E-state index contributed by atoms with van der Waals surface area (Å²) in [6.45, 7) is 0.604. The molecule has 1 fully saturated rings. The van der Waals surface area contributed by atoms with E-state index < -0.39 is 0 Å². The first-order chi connectivity index (χ1) is 10.7. The van der Waals surface area contributed by atoms with Gasteiger partial charge in [-0.2, -0.15) is 4.37 Å². The Morgan fingerprint density at radius 1 is 1.32 bits per heavy atom. The molecule has 1 aromatic carbocycles. The molecule has 2 amide bonds. The zero-order valence-corrected chi connectivity index (χ0v) is 13.0.